The van der Waals surface area contributed by atoms with Crippen molar-refractivity contribution in [2.24, 2.45) is 0 Å². The summed E-state index contributed by atoms with van der Waals surface area (Å²) in [6.45, 7) is 0.932. The molecule has 2 N–H and O–H groups in total. The number of amides is 1. The third kappa shape index (κ3) is 3.64. The number of nitrogens with one attached hydrogen (secondary N) is 2. The average Bonchev–Trinajstić information content (AvgIpc) is 3.12. The van der Waals surface area contributed by atoms with Gasteiger partial charge in [-0.3, -0.25) is 4.79 Å². The van der Waals surface area contributed by atoms with Crippen molar-refractivity contribution in [1.82, 2.24) is 20.7 Å². The summed E-state index contributed by atoms with van der Waals surface area (Å²) in [5.74, 6) is 0.319. The fourth-order valence-corrected chi connectivity index (χ4v) is 2.33. The van der Waals surface area contributed by atoms with Gasteiger partial charge in [0.2, 0.25) is 0 Å². The lowest BCUT2D eigenvalue weighted by atomic mass is 10.1. The molecular formula is C15H15N5O3. The molecule has 0 radical (unpaired) electrons. The van der Waals surface area contributed by atoms with E-state index in [4.69, 9.17) is 14.7 Å². The van der Waals surface area contributed by atoms with Crippen LogP contribution in [-0.4, -0.2) is 46.7 Å². The Bertz CT molecular complexity index is 693. The second-order valence-corrected chi connectivity index (χ2v) is 5.09. The van der Waals surface area contributed by atoms with Crippen LogP contribution in [0.25, 0.3) is 0 Å². The highest BCUT2D eigenvalue weighted by Crippen LogP contribution is 2.19. The van der Waals surface area contributed by atoms with E-state index in [1.807, 2.05) is 0 Å². The van der Waals surface area contributed by atoms with Crippen molar-refractivity contribution in [2.45, 2.75) is 18.6 Å². The van der Waals surface area contributed by atoms with E-state index in [2.05, 4.69) is 26.8 Å². The molecule has 1 aromatic carbocycles. The maximum Gasteiger partial charge on any atom is 0.273 e. The summed E-state index contributed by atoms with van der Waals surface area (Å²) in [5, 5.41) is 21.4. The van der Waals surface area contributed by atoms with Crippen LogP contribution in [0.2, 0.25) is 0 Å². The van der Waals surface area contributed by atoms with Crippen molar-refractivity contribution < 1.29 is 14.3 Å². The zero-order valence-electron chi connectivity index (χ0n) is 12.2. The minimum absolute atomic E-state index is 0.215. The molecule has 1 aliphatic rings. The van der Waals surface area contributed by atoms with E-state index in [0.717, 1.165) is 0 Å². The van der Waals surface area contributed by atoms with Crippen LogP contribution in [0.15, 0.2) is 30.5 Å². The predicted molar refractivity (Wildman–Crippen MR) is 78.6 cm³/mol. The first-order valence-electron chi connectivity index (χ1n) is 7.17. The predicted octanol–water partition coefficient (Wildman–Crippen LogP) is 0.643. The molecule has 1 saturated heterocycles. The lowest BCUT2D eigenvalue weighted by Gasteiger charge is -2.32. The first-order chi connectivity index (χ1) is 11.3. The maximum absolute atomic E-state index is 12.1. The molecule has 1 aromatic heterocycles. The van der Waals surface area contributed by atoms with Crippen molar-refractivity contribution in [3.05, 3.63) is 41.7 Å². The molecule has 0 unspecified atom stereocenters. The van der Waals surface area contributed by atoms with Crippen molar-refractivity contribution in [3.63, 3.8) is 0 Å². The first kappa shape index (κ1) is 15.0. The summed E-state index contributed by atoms with van der Waals surface area (Å²) in [7, 11) is 0. The monoisotopic (exact) mass is 313 g/mol. The van der Waals surface area contributed by atoms with Gasteiger partial charge < -0.3 is 14.8 Å². The van der Waals surface area contributed by atoms with Gasteiger partial charge in [0.25, 0.3) is 5.91 Å². The number of aromatic amines is 1. The quantitative estimate of drug-likeness (QED) is 0.856. The molecular weight excluding hydrogens is 298 g/mol. The fraction of sp³-hybridized carbons (Fsp3) is 0.333. The number of aromatic nitrogens is 3. The number of ether oxygens (including phenoxy) is 2. The number of nitriles is 1. The van der Waals surface area contributed by atoms with E-state index in [1.54, 1.807) is 24.3 Å². The summed E-state index contributed by atoms with van der Waals surface area (Å²) >= 11 is 0. The van der Waals surface area contributed by atoms with Gasteiger partial charge in [-0.2, -0.15) is 20.7 Å². The van der Waals surface area contributed by atoms with E-state index in [1.165, 1.54) is 6.20 Å². The van der Waals surface area contributed by atoms with Gasteiger partial charge >= 0.3 is 0 Å². The van der Waals surface area contributed by atoms with Crippen LogP contribution in [0, 0.1) is 11.3 Å². The smallest absolute Gasteiger partial charge is 0.273 e. The van der Waals surface area contributed by atoms with E-state index >= 15 is 0 Å². The third-order valence-electron chi connectivity index (χ3n) is 3.53. The van der Waals surface area contributed by atoms with Crippen molar-refractivity contribution in [2.75, 3.05) is 13.2 Å². The molecule has 2 heterocycles. The van der Waals surface area contributed by atoms with Crippen LogP contribution in [0.3, 0.4) is 0 Å². The summed E-state index contributed by atoms with van der Waals surface area (Å²) in [6, 6.07) is 8.64. The Hall–Kier alpha value is -2.92. The van der Waals surface area contributed by atoms with Crippen molar-refractivity contribution >= 4 is 5.91 Å². The summed E-state index contributed by atoms with van der Waals surface area (Å²) in [6.07, 6.45) is 1.80. The largest absolute Gasteiger partial charge is 0.488 e. The van der Waals surface area contributed by atoms with Gasteiger partial charge in [0.1, 0.15) is 11.9 Å². The van der Waals surface area contributed by atoms with Gasteiger partial charge in [0.15, 0.2) is 5.69 Å². The zero-order valence-corrected chi connectivity index (χ0v) is 12.2. The molecule has 0 bridgehead atoms. The van der Waals surface area contributed by atoms with Crippen LogP contribution in [0.1, 0.15) is 22.5 Å². The number of benzene rings is 1. The molecule has 1 fully saturated rings. The summed E-state index contributed by atoms with van der Waals surface area (Å²) in [4.78, 5) is 12.1. The zero-order chi connectivity index (χ0) is 16.1. The molecule has 8 nitrogen and oxygen atoms in total. The number of H-pyrrole nitrogens is 1. The molecule has 118 valence electrons. The number of rotatable bonds is 4. The first-order valence-corrected chi connectivity index (χ1v) is 7.17. The lowest BCUT2D eigenvalue weighted by molar-refractivity contribution is -0.00294. The van der Waals surface area contributed by atoms with E-state index < -0.39 is 0 Å². The number of hydrogen-bond donors (Lipinski definition) is 2. The van der Waals surface area contributed by atoms with E-state index in [-0.39, 0.29) is 23.7 Å². The Kier molecular flexibility index (Phi) is 4.49. The van der Waals surface area contributed by atoms with Crippen molar-refractivity contribution in [1.29, 1.82) is 5.26 Å². The highest BCUT2D eigenvalue weighted by Gasteiger charge is 2.29. The van der Waals surface area contributed by atoms with Crippen molar-refractivity contribution in [3.8, 4) is 11.8 Å². The van der Waals surface area contributed by atoms with Gasteiger partial charge in [0.05, 0.1) is 37.1 Å². The normalized spacial score (nSPS) is 20.5. The Labute approximate surface area is 132 Å². The van der Waals surface area contributed by atoms with Gasteiger partial charge in [-0.1, -0.05) is 0 Å². The molecule has 1 aliphatic heterocycles. The molecule has 0 spiro atoms. The third-order valence-corrected chi connectivity index (χ3v) is 3.53. The second-order valence-electron chi connectivity index (χ2n) is 5.09. The number of nitrogens with zero attached hydrogens (tertiary/aromatic N) is 3. The second kappa shape index (κ2) is 6.89. The van der Waals surface area contributed by atoms with Gasteiger partial charge in [-0.05, 0) is 24.3 Å². The molecule has 2 aromatic rings. The van der Waals surface area contributed by atoms with Crippen LogP contribution in [0.5, 0.6) is 5.75 Å². The number of carbonyl (C=O) groups is 1. The maximum atomic E-state index is 12.1. The van der Waals surface area contributed by atoms with Crippen LogP contribution < -0.4 is 10.1 Å². The lowest BCUT2D eigenvalue weighted by Crippen LogP contribution is -2.51. The molecule has 23 heavy (non-hydrogen) atoms. The Morgan fingerprint density at radius 3 is 2.96 bits per heavy atom. The van der Waals surface area contributed by atoms with E-state index in [9.17, 15) is 4.79 Å². The Morgan fingerprint density at radius 2 is 2.26 bits per heavy atom. The SMILES string of the molecule is N#Cc1ccc(O[C@@H]2CCOC[C@H]2NC(=O)c2cn[nH]n2)cc1. The summed E-state index contributed by atoms with van der Waals surface area (Å²) < 4.78 is 11.4. The fourth-order valence-electron chi connectivity index (χ4n) is 2.33. The Morgan fingerprint density at radius 1 is 1.43 bits per heavy atom. The minimum atomic E-state index is -0.331. The van der Waals surface area contributed by atoms with Crippen LogP contribution >= 0.6 is 0 Å². The molecule has 8 heteroatoms. The topological polar surface area (TPSA) is 113 Å². The summed E-state index contributed by atoms with van der Waals surface area (Å²) in [5.41, 5.74) is 0.785. The highest BCUT2D eigenvalue weighted by molar-refractivity contribution is 5.92. The van der Waals surface area contributed by atoms with E-state index in [0.29, 0.717) is 30.9 Å². The number of carbonyl (C=O) groups excluding carboxylic acids is 1. The molecule has 2 atom stereocenters. The Balaban J connectivity index is 1.66. The molecule has 0 saturated carbocycles. The number of hydrogen-bond acceptors (Lipinski definition) is 6. The highest BCUT2D eigenvalue weighted by atomic mass is 16.5. The average molecular weight is 313 g/mol. The van der Waals surface area contributed by atoms with Gasteiger partial charge in [-0.25, -0.2) is 0 Å². The van der Waals surface area contributed by atoms with Gasteiger partial charge in [-0.15, -0.1) is 0 Å². The van der Waals surface area contributed by atoms with Crippen LogP contribution in [-0.2, 0) is 4.74 Å². The molecule has 0 aliphatic carbocycles. The minimum Gasteiger partial charge on any atom is -0.488 e. The molecule has 3 rings (SSSR count). The van der Waals surface area contributed by atoms with Crippen LogP contribution in [0.4, 0.5) is 0 Å². The van der Waals surface area contributed by atoms with Gasteiger partial charge in [0, 0.05) is 6.42 Å². The molecule has 1 amide bonds. The standard InChI is InChI=1S/C15H15N5O3/c16-7-10-1-3-11(4-2-10)23-14-5-6-22-9-13(14)18-15(21)12-8-17-20-19-12/h1-4,8,13-14H,5-6,9H2,(H,18,21)(H,17,19,20)/t13-,14-/m1/s1.